The van der Waals surface area contributed by atoms with Crippen LogP contribution in [0, 0.1) is 0 Å². The summed E-state index contributed by atoms with van der Waals surface area (Å²) in [5.41, 5.74) is 6.42. The second-order valence-electron chi connectivity index (χ2n) is 5.47. The highest BCUT2D eigenvalue weighted by Crippen LogP contribution is 2.33. The van der Waals surface area contributed by atoms with Crippen LogP contribution in [0.5, 0.6) is 0 Å². The Kier molecular flexibility index (Phi) is 5.22. The minimum atomic E-state index is 0.254. The molecule has 2 heterocycles. The Bertz CT molecular complexity index is 336. The fraction of sp³-hybridized carbons (Fsp3) is 0.733. The van der Waals surface area contributed by atoms with Gasteiger partial charge in [0.25, 0.3) is 0 Å². The molecule has 3 unspecified atom stereocenters. The molecule has 3 atom stereocenters. The lowest BCUT2D eigenvalue weighted by Gasteiger charge is -2.38. The monoisotopic (exact) mass is 266 g/mol. The lowest BCUT2D eigenvalue weighted by atomic mass is 10.0. The van der Waals surface area contributed by atoms with Crippen molar-refractivity contribution in [1.29, 1.82) is 0 Å². The van der Waals surface area contributed by atoms with Crippen LogP contribution in [0.1, 0.15) is 56.9 Å². The van der Waals surface area contributed by atoms with Crippen molar-refractivity contribution in [2.45, 2.75) is 64.1 Å². The highest BCUT2D eigenvalue weighted by atomic mass is 32.1. The third-order valence-corrected chi connectivity index (χ3v) is 5.12. The van der Waals surface area contributed by atoms with E-state index in [1.54, 1.807) is 0 Å². The van der Waals surface area contributed by atoms with Gasteiger partial charge in [-0.1, -0.05) is 25.8 Å². The van der Waals surface area contributed by atoms with Gasteiger partial charge in [0, 0.05) is 17.0 Å². The summed E-state index contributed by atoms with van der Waals surface area (Å²) in [7, 11) is 0. The van der Waals surface area contributed by atoms with E-state index < -0.39 is 0 Å². The van der Waals surface area contributed by atoms with Crippen LogP contribution in [0.15, 0.2) is 17.5 Å². The summed E-state index contributed by atoms with van der Waals surface area (Å²) in [6, 6.07) is 5.74. The zero-order chi connectivity index (χ0) is 13.0. The highest BCUT2D eigenvalue weighted by molar-refractivity contribution is 7.10. The normalized spacial score (nSPS) is 25.6. The van der Waals surface area contributed by atoms with Crippen LogP contribution in [0.4, 0.5) is 0 Å². The van der Waals surface area contributed by atoms with Gasteiger partial charge in [0.05, 0.1) is 6.04 Å². The smallest absolute Gasteiger partial charge is 0.0595 e. The summed E-state index contributed by atoms with van der Waals surface area (Å²) >= 11 is 1.86. The number of likely N-dealkylation sites (tertiary alicyclic amines) is 1. The van der Waals surface area contributed by atoms with Crippen molar-refractivity contribution < 1.29 is 0 Å². The second-order valence-corrected chi connectivity index (χ2v) is 6.45. The molecule has 0 radical (unpaired) electrons. The molecule has 2 N–H and O–H groups in total. The van der Waals surface area contributed by atoms with Gasteiger partial charge in [0.2, 0.25) is 0 Å². The first-order valence-electron chi connectivity index (χ1n) is 7.28. The predicted molar refractivity (Wildman–Crippen MR) is 80.0 cm³/mol. The van der Waals surface area contributed by atoms with Crippen LogP contribution in [0.25, 0.3) is 0 Å². The van der Waals surface area contributed by atoms with Crippen molar-refractivity contribution in [2.75, 3.05) is 6.54 Å². The zero-order valence-electron chi connectivity index (χ0n) is 11.6. The van der Waals surface area contributed by atoms with Crippen LogP contribution in [0.2, 0.25) is 0 Å². The van der Waals surface area contributed by atoms with Gasteiger partial charge < -0.3 is 5.73 Å². The molecule has 0 spiro atoms. The van der Waals surface area contributed by atoms with Crippen molar-refractivity contribution in [3.63, 3.8) is 0 Å². The van der Waals surface area contributed by atoms with Gasteiger partial charge in [-0.3, -0.25) is 4.90 Å². The predicted octanol–water partition coefficient (Wildman–Crippen LogP) is 3.79. The molecule has 0 aliphatic carbocycles. The molecule has 2 rings (SSSR count). The summed E-state index contributed by atoms with van der Waals surface area (Å²) in [5, 5.41) is 2.17. The van der Waals surface area contributed by atoms with E-state index in [2.05, 4.69) is 36.3 Å². The Hall–Kier alpha value is -0.380. The number of nitrogens with two attached hydrogens (primary N) is 1. The summed E-state index contributed by atoms with van der Waals surface area (Å²) in [6.07, 6.45) is 6.43. The molecule has 102 valence electrons. The quantitative estimate of drug-likeness (QED) is 0.898. The first-order valence-corrected chi connectivity index (χ1v) is 8.16. The molecule has 1 aromatic heterocycles. The minimum Gasteiger partial charge on any atom is -0.326 e. The maximum atomic E-state index is 6.42. The Balaban J connectivity index is 2.21. The van der Waals surface area contributed by atoms with E-state index >= 15 is 0 Å². The average molecular weight is 266 g/mol. The Labute approximate surface area is 115 Å². The molecule has 0 amide bonds. The number of thiophene rings is 1. The molecule has 0 bridgehead atoms. The summed E-state index contributed by atoms with van der Waals surface area (Å²) in [5.74, 6) is 0. The van der Waals surface area contributed by atoms with E-state index in [0.717, 1.165) is 6.42 Å². The van der Waals surface area contributed by atoms with Crippen molar-refractivity contribution in [3.8, 4) is 0 Å². The molecule has 0 aromatic carbocycles. The fourth-order valence-electron chi connectivity index (χ4n) is 3.01. The van der Waals surface area contributed by atoms with Gasteiger partial charge in [-0.15, -0.1) is 11.3 Å². The molecule has 18 heavy (non-hydrogen) atoms. The van der Waals surface area contributed by atoms with Gasteiger partial charge >= 0.3 is 0 Å². The van der Waals surface area contributed by atoms with E-state index in [-0.39, 0.29) is 6.04 Å². The topological polar surface area (TPSA) is 29.3 Å². The average Bonchev–Trinajstić information content (AvgIpc) is 2.81. The van der Waals surface area contributed by atoms with E-state index in [9.17, 15) is 0 Å². The lowest BCUT2D eigenvalue weighted by molar-refractivity contribution is 0.127. The molecule has 1 aliphatic heterocycles. The SMILES string of the molecule is CCC(N)C(c1cccs1)N1CCCCCC1C. The molecule has 1 fully saturated rings. The highest BCUT2D eigenvalue weighted by Gasteiger charge is 2.30. The maximum absolute atomic E-state index is 6.42. The van der Waals surface area contributed by atoms with Gasteiger partial charge in [0.15, 0.2) is 0 Å². The van der Waals surface area contributed by atoms with E-state index in [1.165, 1.54) is 37.1 Å². The molecular formula is C15H26N2S. The van der Waals surface area contributed by atoms with Crippen LogP contribution >= 0.6 is 11.3 Å². The van der Waals surface area contributed by atoms with Gasteiger partial charge in [-0.2, -0.15) is 0 Å². The lowest BCUT2D eigenvalue weighted by Crippen LogP contribution is -2.44. The molecule has 1 aromatic rings. The zero-order valence-corrected chi connectivity index (χ0v) is 12.5. The molecule has 3 heteroatoms. The first-order chi connectivity index (χ1) is 8.74. The van der Waals surface area contributed by atoms with Crippen molar-refractivity contribution >= 4 is 11.3 Å². The Morgan fingerprint density at radius 3 is 2.94 bits per heavy atom. The summed E-state index contributed by atoms with van der Waals surface area (Å²) < 4.78 is 0. The van der Waals surface area contributed by atoms with Crippen molar-refractivity contribution in [1.82, 2.24) is 4.90 Å². The maximum Gasteiger partial charge on any atom is 0.0595 e. The fourth-order valence-corrected chi connectivity index (χ4v) is 3.93. The minimum absolute atomic E-state index is 0.254. The molecule has 0 saturated carbocycles. The van der Waals surface area contributed by atoms with Crippen molar-refractivity contribution in [3.05, 3.63) is 22.4 Å². The molecular weight excluding hydrogens is 240 g/mol. The largest absolute Gasteiger partial charge is 0.326 e. The third kappa shape index (κ3) is 3.14. The van der Waals surface area contributed by atoms with Crippen LogP contribution in [-0.4, -0.2) is 23.5 Å². The van der Waals surface area contributed by atoms with Crippen molar-refractivity contribution in [2.24, 2.45) is 5.73 Å². The standard InChI is InChI=1S/C15H26N2S/c1-3-13(16)15(14-9-7-11-18-14)17-10-6-4-5-8-12(17)2/h7,9,11-13,15H,3-6,8,10,16H2,1-2H3. The number of hydrogen-bond acceptors (Lipinski definition) is 3. The Morgan fingerprint density at radius 1 is 1.44 bits per heavy atom. The molecule has 1 saturated heterocycles. The van der Waals surface area contributed by atoms with Gasteiger partial charge in [0.1, 0.15) is 0 Å². The molecule has 1 aliphatic rings. The van der Waals surface area contributed by atoms with E-state index in [4.69, 9.17) is 5.73 Å². The summed E-state index contributed by atoms with van der Waals surface area (Å²) in [4.78, 5) is 4.10. The van der Waals surface area contributed by atoms with Crippen LogP contribution < -0.4 is 5.73 Å². The second kappa shape index (κ2) is 6.69. The Morgan fingerprint density at radius 2 is 2.28 bits per heavy atom. The van der Waals surface area contributed by atoms with E-state index in [1.807, 2.05) is 11.3 Å². The number of nitrogens with zero attached hydrogens (tertiary/aromatic N) is 1. The molecule has 2 nitrogen and oxygen atoms in total. The van der Waals surface area contributed by atoms with E-state index in [0.29, 0.717) is 12.1 Å². The number of rotatable bonds is 4. The third-order valence-electron chi connectivity index (χ3n) is 4.17. The first kappa shape index (κ1) is 14.0. The van der Waals surface area contributed by atoms with Gasteiger partial charge in [-0.25, -0.2) is 0 Å². The summed E-state index contributed by atoms with van der Waals surface area (Å²) in [6.45, 7) is 5.78. The number of hydrogen-bond donors (Lipinski definition) is 1. The van der Waals surface area contributed by atoms with Crippen LogP contribution in [-0.2, 0) is 0 Å². The van der Waals surface area contributed by atoms with Crippen LogP contribution in [0.3, 0.4) is 0 Å². The van der Waals surface area contributed by atoms with Gasteiger partial charge in [-0.05, 0) is 44.2 Å².